The Hall–Kier alpha value is -2.36. The number of amides is 1. The molecule has 0 spiro atoms. The first-order valence-electron chi connectivity index (χ1n) is 11.9. The van der Waals surface area contributed by atoms with Gasteiger partial charge in [-0.15, -0.1) is 24.2 Å². The van der Waals surface area contributed by atoms with Crippen molar-refractivity contribution in [3.05, 3.63) is 89.5 Å². The summed E-state index contributed by atoms with van der Waals surface area (Å²) in [5.74, 6) is 0.620. The number of benzene rings is 3. The van der Waals surface area contributed by atoms with Crippen LogP contribution in [0, 0.1) is 5.92 Å². The summed E-state index contributed by atoms with van der Waals surface area (Å²) in [6, 6.07) is 23.4. The lowest BCUT2D eigenvalue weighted by molar-refractivity contribution is 0.0979. The number of sulfonamides is 1. The van der Waals surface area contributed by atoms with Crippen molar-refractivity contribution < 1.29 is 18.3 Å². The molecule has 37 heavy (non-hydrogen) atoms. The van der Waals surface area contributed by atoms with Crippen molar-refractivity contribution >= 4 is 40.1 Å². The van der Waals surface area contributed by atoms with E-state index in [-0.39, 0.29) is 12.4 Å². The topological polar surface area (TPSA) is 95.5 Å². The molecule has 200 valence electrons. The van der Waals surface area contributed by atoms with E-state index in [9.17, 15) is 18.3 Å². The number of rotatable bonds is 12. The van der Waals surface area contributed by atoms with Crippen molar-refractivity contribution in [2.45, 2.75) is 31.3 Å². The SMILES string of the molecule is CC(C)CSc1cc(-c2ccc(CCNC[C@H](O)c3ccccc3)cc2)ccc1C(=O)NS(C)(=O)=O.Cl. The zero-order chi connectivity index (χ0) is 26.1. The number of halogens is 1. The fourth-order valence-corrected chi connectivity index (χ4v) is 5.10. The van der Waals surface area contributed by atoms with E-state index in [1.807, 2.05) is 42.5 Å². The second kappa shape index (κ2) is 14.5. The molecule has 6 nitrogen and oxygen atoms in total. The quantitative estimate of drug-likeness (QED) is 0.210. The second-order valence-electron chi connectivity index (χ2n) is 9.20. The summed E-state index contributed by atoms with van der Waals surface area (Å²) in [5.41, 5.74) is 4.43. The van der Waals surface area contributed by atoms with E-state index in [2.05, 4.69) is 48.2 Å². The summed E-state index contributed by atoms with van der Waals surface area (Å²) in [7, 11) is -3.64. The van der Waals surface area contributed by atoms with E-state index in [0.29, 0.717) is 18.0 Å². The maximum atomic E-state index is 12.5. The lowest BCUT2D eigenvalue weighted by Gasteiger charge is -2.13. The van der Waals surface area contributed by atoms with Crippen molar-refractivity contribution in [1.82, 2.24) is 10.0 Å². The summed E-state index contributed by atoms with van der Waals surface area (Å²) in [5, 5.41) is 13.6. The zero-order valence-corrected chi connectivity index (χ0v) is 23.8. The number of hydrogen-bond acceptors (Lipinski definition) is 6. The van der Waals surface area contributed by atoms with Crippen molar-refractivity contribution in [1.29, 1.82) is 0 Å². The number of carbonyl (C=O) groups excluding carboxylic acids is 1. The molecule has 9 heteroatoms. The monoisotopic (exact) mass is 562 g/mol. The predicted octanol–water partition coefficient (Wildman–Crippen LogP) is 5.08. The highest BCUT2D eigenvalue weighted by Gasteiger charge is 2.17. The van der Waals surface area contributed by atoms with Gasteiger partial charge in [0, 0.05) is 17.2 Å². The number of thioether (sulfide) groups is 1. The molecule has 0 bridgehead atoms. The molecule has 0 fully saturated rings. The van der Waals surface area contributed by atoms with Crippen molar-refractivity contribution in [3.63, 3.8) is 0 Å². The Morgan fingerprint density at radius 1 is 0.973 bits per heavy atom. The Morgan fingerprint density at radius 2 is 1.62 bits per heavy atom. The molecule has 3 aromatic rings. The molecular formula is C28H35ClN2O4S2. The molecule has 0 radical (unpaired) electrons. The lowest BCUT2D eigenvalue weighted by Crippen LogP contribution is -2.29. The van der Waals surface area contributed by atoms with Gasteiger partial charge in [0.15, 0.2) is 0 Å². The third-order valence-electron chi connectivity index (χ3n) is 5.48. The molecule has 0 aliphatic carbocycles. The summed E-state index contributed by atoms with van der Waals surface area (Å²) in [6.07, 6.45) is 1.28. The number of aliphatic hydroxyl groups is 1. The van der Waals surface area contributed by atoms with Crippen molar-refractivity contribution in [2.24, 2.45) is 5.92 Å². The highest BCUT2D eigenvalue weighted by Crippen LogP contribution is 2.30. The van der Waals surface area contributed by atoms with E-state index < -0.39 is 22.0 Å². The Kier molecular flexibility index (Phi) is 12.1. The van der Waals surface area contributed by atoms with E-state index in [0.717, 1.165) is 46.6 Å². The smallest absolute Gasteiger partial charge is 0.265 e. The van der Waals surface area contributed by atoms with Crippen molar-refractivity contribution in [3.8, 4) is 11.1 Å². The normalized spacial score (nSPS) is 12.1. The van der Waals surface area contributed by atoms with Crippen LogP contribution in [0.3, 0.4) is 0 Å². The Bertz CT molecular complexity index is 1250. The van der Waals surface area contributed by atoms with Crippen LogP contribution in [0.4, 0.5) is 0 Å². The minimum atomic E-state index is -3.64. The summed E-state index contributed by atoms with van der Waals surface area (Å²) in [4.78, 5) is 13.3. The zero-order valence-electron chi connectivity index (χ0n) is 21.3. The third-order valence-corrected chi connectivity index (χ3v) is 7.51. The predicted molar refractivity (Wildman–Crippen MR) is 155 cm³/mol. The maximum absolute atomic E-state index is 12.5. The van der Waals surface area contributed by atoms with Gasteiger partial charge in [0.05, 0.1) is 17.9 Å². The third kappa shape index (κ3) is 10.1. The van der Waals surface area contributed by atoms with E-state index in [1.165, 1.54) is 5.56 Å². The number of hydrogen-bond donors (Lipinski definition) is 3. The van der Waals surface area contributed by atoms with Gasteiger partial charge < -0.3 is 10.4 Å². The Balaban J connectivity index is 0.00000481. The summed E-state index contributed by atoms with van der Waals surface area (Å²) in [6.45, 7) is 5.45. The largest absolute Gasteiger partial charge is 0.387 e. The number of nitrogens with one attached hydrogen (secondary N) is 2. The van der Waals surface area contributed by atoms with Crippen LogP contribution in [0.1, 0.15) is 41.4 Å². The minimum absolute atomic E-state index is 0. The van der Waals surface area contributed by atoms with Crippen LogP contribution < -0.4 is 10.0 Å². The Morgan fingerprint density at radius 3 is 2.24 bits per heavy atom. The van der Waals surface area contributed by atoms with Gasteiger partial charge in [-0.05, 0) is 53.3 Å². The second-order valence-corrected chi connectivity index (χ2v) is 12.0. The number of aliphatic hydroxyl groups excluding tert-OH is 1. The molecule has 1 amide bonds. The standard InChI is InChI=1S/C28H34N2O4S2.ClH/c1-20(2)19-35-27-17-24(13-14-25(27)28(32)30-36(3,33)34)22-11-9-21(10-12-22)15-16-29-18-26(31)23-7-5-4-6-8-23;/h4-14,17,20,26,29,31H,15-16,18-19H2,1-3H3,(H,30,32);1H/t26-;/m0./s1. The van der Waals surface area contributed by atoms with Gasteiger partial charge in [-0.25, -0.2) is 13.1 Å². The van der Waals surface area contributed by atoms with Crippen LogP contribution in [-0.2, 0) is 16.4 Å². The molecule has 0 unspecified atom stereocenters. The van der Waals surface area contributed by atoms with Crippen LogP contribution in [0.5, 0.6) is 0 Å². The minimum Gasteiger partial charge on any atom is -0.387 e. The molecule has 3 N–H and O–H groups in total. The first-order valence-corrected chi connectivity index (χ1v) is 14.8. The van der Waals surface area contributed by atoms with Crippen LogP contribution in [-0.4, -0.2) is 44.5 Å². The van der Waals surface area contributed by atoms with Crippen LogP contribution in [0.25, 0.3) is 11.1 Å². The van der Waals surface area contributed by atoms with Gasteiger partial charge in [-0.3, -0.25) is 4.79 Å². The molecule has 0 saturated heterocycles. The maximum Gasteiger partial charge on any atom is 0.265 e. The van der Waals surface area contributed by atoms with Crippen LogP contribution in [0.15, 0.2) is 77.7 Å². The van der Waals surface area contributed by atoms with Gasteiger partial charge >= 0.3 is 0 Å². The van der Waals surface area contributed by atoms with Crippen molar-refractivity contribution in [2.75, 3.05) is 25.1 Å². The first kappa shape index (κ1) is 30.9. The van der Waals surface area contributed by atoms with E-state index >= 15 is 0 Å². The van der Waals surface area contributed by atoms with Gasteiger partial charge in [0.2, 0.25) is 10.0 Å². The molecule has 0 heterocycles. The van der Waals surface area contributed by atoms with Gasteiger partial charge in [0.1, 0.15) is 0 Å². The molecule has 0 aromatic heterocycles. The fraction of sp³-hybridized carbons (Fsp3) is 0.321. The summed E-state index contributed by atoms with van der Waals surface area (Å²) < 4.78 is 25.2. The van der Waals surface area contributed by atoms with Gasteiger partial charge in [-0.1, -0.05) is 74.5 Å². The highest BCUT2D eigenvalue weighted by atomic mass is 35.5. The van der Waals surface area contributed by atoms with Gasteiger partial charge in [-0.2, -0.15) is 0 Å². The molecule has 0 aliphatic heterocycles. The van der Waals surface area contributed by atoms with Crippen LogP contribution in [0.2, 0.25) is 0 Å². The molecule has 0 aliphatic rings. The molecule has 0 saturated carbocycles. The first-order chi connectivity index (χ1) is 17.1. The van der Waals surface area contributed by atoms with E-state index in [1.54, 1.807) is 17.8 Å². The molecule has 1 atom stereocenters. The molecular weight excluding hydrogens is 528 g/mol. The molecule has 3 rings (SSSR count). The lowest BCUT2D eigenvalue weighted by atomic mass is 10.0. The average molecular weight is 563 g/mol. The van der Waals surface area contributed by atoms with Gasteiger partial charge in [0.25, 0.3) is 5.91 Å². The summed E-state index contributed by atoms with van der Waals surface area (Å²) >= 11 is 1.55. The Labute approximate surface area is 230 Å². The molecule has 3 aromatic carbocycles. The average Bonchev–Trinajstić information content (AvgIpc) is 2.85. The van der Waals surface area contributed by atoms with Crippen LogP contribution >= 0.6 is 24.2 Å². The highest BCUT2D eigenvalue weighted by molar-refractivity contribution is 7.99. The number of carbonyl (C=O) groups is 1. The fourth-order valence-electron chi connectivity index (χ4n) is 3.62. The van der Waals surface area contributed by atoms with E-state index in [4.69, 9.17) is 0 Å².